The van der Waals surface area contributed by atoms with Gasteiger partial charge in [0.1, 0.15) is 0 Å². The molecule has 1 saturated carbocycles. The maximum absolute atomic E-state index is 13.6. The Kier molecular flexibility index (Phi) is 7.89. The van der Waals surface area contributed by atoms with E-state index in [9.17, 15) is 26.3 Å². The van der Waals surface area contributed by atoms with Gasteiger partial charge in [-0.25, -0.2) is 4.98 Å². The monoisotopic (exact) mass is 490 g/mol. The highest BCUT2D eigenvalue weighted by molar-refractivity contribution is 5.68. The Balaban J connectivity index is 0.000000574. The number of aromatic nitrogens is 2. The van der Waals surface area contributed by atoms with Gasteiger partial charge in [0, 0.05) is 25.3 Å². The van der Waals surface area contributed by atoms with Crippen LogP contribution in [-0.2, 0) is 19.3 Å². The zero-order chi connectivity index (χ0) is 25.3. The highest BCUT2D eigenvalue weighted by atomic mass is 19.4. The largest absolute Gasteiger partial charge is 0.435 e. The van der Waals surface area contributed by atoms with Crippen molar-refractivity contribution in [3.05, 3.63) is 40.2 Å². The standard InChI is InChI=1S/C19H22F6N4.C5H10/c1-11-7-12(2)15(13(3)8-11)29-6-4-5-28-14(9-26-10-18(20,21)22)16(19(23,24)25)27-17(28)29;1-5-3-2-4-5/h7-8,26H,4-6,9-10H2,1-3H3;5H,2-4H2,1H3. The van der Waals surface area contributed by atoms with Gasteiger partial charge in [0.25, 0.3) is 0 Å². The molecule has 10 heteroatoms. The summed E-state index contributed by atoms with van der Waals surface area (Å²) in [6.07, 6.45) is -4.26. The second-order valence-electron chi connectivity index (χ2n) is 9.36. The minimum Gasteiger partial charge on any atom is -0.312 e. The molecule has 0 saturated heterocycles. The molecule has 1 aliphatic carbocycles. The van der Waals surface area contributed by atoms with Crippen molar-refractivity contribution in [2.75, 3.05) is 18.0 Å². The molecule has 1 aromatic heterocycles. The molecule has 0 radical (unpaired) electrons. The van der Waals surface area contributed by atoms with Crippen molar-refractivity contribution in [3.8, 4) is 0 Å². The molecule has 2 aliphatic rings. The van der Waals surface area contributed by atoms with E-state index in [1.165, 1.54) is 23.8 Å². The average molecular weight is 491 g/mol. The van der Waals surface area contributed by atoms with Gasteiger partial charge in [-0.2, -0.15) is 26.3 Å². The van der Waals surface area contributed by atoms with E-state index in [-0.39, 0.29) is 18.2 Å². The fourth-order valence-corrected chi connectivity index (χ4v) is 4.55. The molecule has 4 nitrogen and oxygen atoms in total. The molecule has 2 aromatic rings. The van der Waals surface area contributed by atoms with Gasteiger partial charge in [-0.1, -0.05) is 43.9 Å². The smallest absolute Gasteiger partial charge is 0.312 e. The third kappa shape index (κ3) is 6.25. The number of nitrogens with zero attached hydrogens (tertiary/aromatic N) is 3. The number of hydrogen-bond donors (Lipinski definition) is 1. The normalized spacial score (nSPS) is 16.6. The molecular formula is C24H32F6N4. The third-order valence-electron chi connectivity index (χ3n) is 6.24. The zero-order valence-electron chi connectivity index (χ0n) is 20.0. The first-order valence-corrected chi connectivity index (χ1v) is 11.6. The number of imidazole rings is 1. The van der Waals surface area contributed by atoms with E-state index in [1.54, 1.807) is 4.90 Å². The van der Waals surface area contributed by atoms with Crippen LogP contribution in [0.3, 0.4) is 0 Å². The van der Waals surface area contributed by atoms with Gasteiger partial charge >= 0.3 is 12.4 Å². The molecule has 190 valence electrons. The maximum atomic E-state index is 13.6. The third-order valence-corrected chi connectivity index (χ3v) is 6.24. The summed E-state index contributed by atoms with van der Waals surface area (Å²) < 4.78 is 79.5. The van der Waals surface area contributed by atoms with Crippen LogP contribution in [0.15, 0.2) is 12.1 Å². The van der Waals surface area contributed by atoms with Crippen LogP contribution in [0.1, 0.15) is 60.7 Å². The van der Waals surface area contributed by atoms with E-state index in [1.807, 2.05) is 32.9 Å². The molecule has 4 rings (SSSR count). The van der Waals surface area contributed by atoms with Crippen LogP contribution >= 0.6 is 0 Å². The molecule has 34 heavy (non-hydrogen) atoms. The number of alkyl halides is 6. The topological polar surface area (TPSA) is 33.1 Å². The van der Waals surface area contributed by atoms with Gasteiger partial charge in [0.2, 0.25) is 5.95 Å². The number of nitrogens with one attached hydrogen (secondary N) is 1. The highest BCUT2D eigenvalue weighted by Gasteiger charge is 2.41. The number of benzene rings is 1. The number of rotatable bonds is 4. The van der Waals surface area contributed by atoms with Crippen molar-refractivity contribution in [1.82, 2.24) is 14.9 Å². The number of anilines is 2. The predicted octanol–water partition coefficient (Wildman–Crippen LogP) is 6.83. The first kappa shape index (κ1) is 26.4. The summed E-state index contributed by atoms with van der Waals surface area (Å²) in [5.41, 5.74) is 2.22. The second-order valence-corrected chi connectivity index (χ2v) is 9.36. The van der Waals surface area contributed by atoms with E-state index < -0.39 is 31.1 Å². The molecule has 0 spiro atoms. The summed E-state index contributed by atoms with van der Waals surface area (Å²) in [5.74, 6) is 1.18. The quantitative estimate of drug-likeness (QED) is 0.477. The van der Waals surface area contributed by atoms with Crippen molar-refractivity contribution in [2.24, 2.45) is 5.92 Å². The van der Waals surface area contributed by atoms with Crippen LogP contribution < -0.4 is 10.2 Å². The van der Waals surface area contributed by atoms with E-state index in [4.69, 9.17) is 0 Å². The fraction of sp³-hybridized carbons (Fsp3) is 0.625. The van der Waals surface area contributed by atoms with Crippen LogP contribution in [0.25, 0.3) is 0 Å². The average Bonchev–Trinajstić information content (AvgIpc) is 3.05. The van der Waals surface area contributed by atoms with Crippen molar-refractivity contribution in [1.29, 1.82) is 0 Å². The van der Waals surface area contributed by atoms with Crippen molar-refractivity contribution in [3.63, 3.8) is 0 Å². The summed E-state index contributed by atoms with van der Waals surface area (Å²) in [5, 5.41) is 2.07. The predicted molar refractivity (Wildman–Crippen MR) is 120 cm³/mol. The summed E-state index contributed by atoms with van der Waals surface area (Å²) in [4.78, 5) is 5.57. The summed E-state index contributed by atoms with van der Waals surface area (Å²) in [7, 11) is 0. The minimum atomic E-state index is -4.76. The van der Waals surface area contributed by atoms with Crippen LogP contribution in [0.5, 0.6) is 0 Å². The molecule has 1 aromatic carbocycles. The van der Waals surface area contributed by atoms with Crippen molar-refractivity contribution >= 4 is 11.6 Å². The Morgan fingerprint density at radius 3 is 2.03 bits per heavy atom. The van der Waals surface area contributed by atoms with E-state index >= 15 is 0 Å². The number of halogens is 6. The maximum Gasteiger partial charge on any atom is 0.435 e. The molecule has 0 amide bonds. The van der Waals surface area contributed by atoms with Crippen LogP contribution in [0.2, 0.25) is 0 Å². The van der Waals surface area contributed by atoms with Gasteiger partial charge in [0.05, 0.1) is 12.2 Å². The summed E-state index contributed by atoms with van der Waals surface area (Å²) >= 11 is 0. The molecule has 1 fully saturated rings. The number of fused-ring (bicyclic) bond motifs is 1. The van der Waals surface area contributed by atoms with Crippen molar-refractivity contribution in [2.45, 2.75) is 78.8 Å². The van der Waals surface area contributed by atoms with Crippen LogP contribution in [0.4, 0.5) is 38.0 Å². The molecular weight excluding hydrogens is 458 g/mol. The SMILES string of the molecule is CC1CCC1.Cc1cc(C)c(N2CCCn3c2nc(C(F)(F)F)c3CNCC(F)(F)F)c(C)c1. The molecule has 0 unspecified atom stereocenters. The van der Waals surface area contributed by atoms with Gasteiger partial charge in [-0.05, 0) is 44.2 Å². The number of aryl methyl sites for hydroxylation is 3. The minimum absolute atomic E-state index is 0.113. The lowest BCUT2D eigenvalue weighted by atomic mass is 9.88. The number of hydrogen-bond acceptors (Lipinski definition) is 3. The van der Waals surface area contributed by atoms with E-state index in [2.05, 4.69) is 17.2 Å². The molecule has 0 atom stereocenters. The highest BCUT2D eigenvalue weighted by Crippen LogP contribution is 2.40. The Bertz CT molecular complexity index is 966. The van der Waals surface area contributed by atoms with Crippen LogP contribution in [-0.4, -0.2) is 28.8 Å². The van der Waals surface area contributed by atoms with E-state index in [0.717, 1.165) is 28.3 Å². The molecule has 1 N–H and O–H groups in total. The van der Waals surface area contributed by atoms with E-state index in [0.29, 0.717) is 13.0 Å². The van der Waals surface area contributed by atoms with Gasteiger partial charge in [0.15, 0.2) is 5.69 Å². The fourth-order valence-electron chi connectivity index (χ4n) is 4.55. The van der Waals surface area contributed by atoms with Gasteiger partial charge in [-0.15, -0.1) is 0 Å². The Morgan fingerprint density at radius 1 is 0.971 bits per heavy atom. The summed E-state index contributed by atoms with van der Waals surface area (Å²) in [6.45, 7) is 6.82. The first-order valence-electron chi connectivity index (χ1n) is 11.6. The zero-order valence-corrected chi connectivity index (χ0v) is 20.0. The Morgan fingerprint density at radius 2 is 1.56 bits per heavy atom. The lowest BCUT2D eigenvalue weighted by Gasteiger charge is -2.32. The first-order chi connectivity index (χ1) is 15.8. The second kappa shape index (κ2) is 10.2. The van der Waals surface area contributed by atoms with Gasteiger partial charge in [-0.3, -0.25) is 0 Å². The molecule has 2 heterocycles. The Hall–Kier alpha value is -2.23. The lowest BCUT2D eigenvalue weighted by molar-refractivity contribution is -0.141. The van der Waals surface area contributed by atoms with Gasteiger partial charge < -0.3 is 14.8 Å². The molecule has 0 bridgehead atoms. The summed E-state index contributed by atoms with van der Waals surface area (Å²) in [6, 6.07) is 3.89. The molecule has 1 aliphatic heterocycles. The Labute approximate surface area is 196 Å². The lowest BCUT2D eigenvalue weighted by Crippen LogP contribution is -2.32. The van der Waals surface area contributed by atoms with Crippen LogP contribution in [0, 0.1) is 26.7 Å². The van der Waals surface area contributed by atoms with Crippen molar-refractivity contribution < 1.29 is 26.3 Å².